The topological polar surface area (TPSA) is 157 Å². The molecule has 2 aromatic carbocycles. The van der Waals surface area contributed by atoms with Crippen LogP contribution in [-0.2, 0) is 20.9 Å². The number of nitrogens with one attached hydrogen (secondary N) is 3. The van der Waals surface area contributed by atoms with Gasteiger partial charge in [0.05, 0.1) is 11.4 Å². The van der Waals surface area contributed by atoms with Crippen molar-refractivity contribution < 1.29 is 34.1 Å². The van der Waals surface area contributed by atoms with E-state index in [2.05, 4.69) is 66.0 Å². The number of ether oxygens (including phenoxy) is 1. The third kappa shape index (κ3) is 11.0. The molecule has 0 heterocycles. The van der Waals surface area contributed by atoms with Gasteiger partial charge in [0, 0.05) is 34.1 Å². The van der Waals surface area contributed by atoms with E-state index in [0.717, 1.165) is 27.6 Å². The summed E-state index contributed by atoms with van der Waals surface area (Å²) in [5.41, 5.74) is 2.65. The first-order valence-corrected chi connectivity index (χ1v) is 14.3. The maximum absolute atomic E-state index is 12.4. The normalized spacial score (nSPS) is 11.2. The van der Waals surface area contributed by atoms with Gasteiger partial charge in [-0.15, -0.1) is 0 Å². The third-order valence-electron chi connectivity index (χ3n) is 5.02. The molecule has 0 radical (unpaired) electrons. The zero-order valence-electron chi connectivity index (χ0n) is 19.8. The molecule has 0 saturated carbocycles. The molecule has 0 saturated heterocycles. The van der Waals surface area contributed by atoms with Crippen molar-refractivity contribution in [2.24, 2.45) is 0 Å². The highest BCUT2D eigenvalue weighted by Crippen LogP contribution is 2.26. The van der Waals surface area contributed by atoms with Gasteiger partial charge in [-0.05, 0) is 36.2 Å². The number of nitrogens with zero attached hydrogens (tertiary/aromatic N) is 1. The Labute approximate surface area is 241 Å². The fourth-order valence-corrected chi connectivity index (χ4v) is 4.41. The van der Waals surface area contributed by atoms with E-state index in [1.165, 1.54) is 0 Å². The Bertz CT molecular complexity index is 1060. The molecule has 0 bridgehead atoms. The quantitative estimate of drug-likeness (QED) is 0.140. The summed E-state index contributed by atoms with van der Waals surface area (Å²) >= 11 is 4.64. The van der Waals surface area contributed by atoms with Gasteiger partial charge in [0.15, 0.2) is 0 Å². The van der Waals surface area contributed by atoms with Crippen molar-refractivity contribution in [3.63, 3.8) is 0 Å². The predicted octanol–water partition coefficient (Wildman–Crippen LogP) is 4.55. The first kappa shape index (κ1) is 30.4. The Morgan fingerprint density at radius 3 is 2.16 bits per heavy atom. The van der Waals surface area contributed by atoms with Crippen LogP contribution in [0.1, 0.15) is 18.4 Å². The van der Waals surface area contributed by atoms with Gasteiger partial charge in [0.25, 0.3) is 0 Å². The molecule has 1 atom stereocenters. The van der Waals surface area contributed by atoms with Crippen molar-refractivity contribution in [2.75, 3.05) is 37.5 Å². The van der Waals surface area contributed by atoms with Gasteiger partial charge in [-0.1, -0.05) is 69.4 Å². The Balaban J connectivity index is 1.89. The fraction of sp³-hybridized carbons (Fsp3) is 0.333. The summed E-state index contributed by atoms with van der Waals surface area (Å²) in [6.07, 6.45) is -1.23. The van der Waals surface area contributed by atoms with Gasteiger partial charge in [0.1, 0.15) is 12.6 Å². The average molecular weight is 738 g/mol. The lowest BCUT2D eigenvalue weighted by molar-refractivity contribution is -0.140. The number of benzene rings is 2. The van der Waals surface area contributed by atoms with E-state index < -0.39 is 30.1 Å². The number of hydrogen-bond acceptors (Lipinski definition) is 6. The van der Waals surface area contributed by atoms with Gasteiger partial charge < -0.3 is 30.5 Å². The number of anilines is 3. The summed E-state index contributed by atoms with van der Waals surface area (Å²) in [6, 6.07) is 11.9. The van der Waals surface area contributed by atoms with Gasteiger partial charge in [-0.25, -0.2) is 14.4 Å². The molecule has 0 unspecified atom stereocenters. The lowest BCUT2D eigenvalue weighted by Crippen LogP contribution is -2.43. The monoisotopic (exact) mass is 738 g/mol. The SMILES string of the molecule is O=C(O)CC[C@H](NC(=O)Nc1ccc(COC(=O)Nc2ccccc2N(CCI)CCI)cc1)C(=O)O. The molecular formula is C24H28I2N4O7. The molecule has 2 rings (SSSR count). The molecule has 3 amide bonds. The van der Waals surface area contributed by atoms with Gasteiger partial charge in [0.2, 0.25) is 0 Å². The van der Waals surface area contributed by atoms with E-state index in [9.17, 15) is 19.2 Å². The van der Waals surface area contributed by atoms with Crippen LogP contribution in [0.4, 0.5) is 26.7 Å². The molecule has 13 heteroatoms. The third-order valence-corrected chi connectivity index (χ3v) is 5.99. The summed E-state index contributed by atoms with van der Waals surface area (Å²) in [5, 5.41) is 25.4. The van der Waals surface area contributed by atoms with Crippen molar-refractivity contribution in [2.45, 2.75) is 25.5 Å². The second-order valence-electron chi connectivity index (χ2n) is 7.70. The molecule has 0 spiro atoms. The summed E-state index contributed by atoms with van der Waals surface area (Å²) in [4.78, 5) is 48.6. The second kappa shape index (κ2) is 16.1. The number of carbonyl (C=O) groups is 4. The van der Waals surface area contributed by atoms with E-state index in [1.807, 2.05) is 24.3 Å². The number of aliphatic carboxylic acids is 2. The van der Waals surface area contributed by atoms with Crippen LogP contribution < -0.4 is 20.9 Å². The Morgan fingerprint density at radius 2 is 1.57 bits per heavy atom. The summed E-state index contributed by atoms with van der Waals surface area (Å²) in [5.74, 6) is -2.48. The van der Waals surface area contributed by atoms with Crippen LogP contribution in [0.2, 0.25) is 0 Å². The number of carboxylic acid groups (broad SMARTS) is 2. The number of carboxylic acids is 2. The number of amides is 3. The summed E-state index contributed by atoms with van der Waals surface area (Å²) in [7, 11) is 0. The fourth-order valence-electron chi connectivity index (χ4n) is 3.24. The molecule has 0 aliphatic heterocycles. The van der Waals surface area contributed by atoms with Crippen molar-refractivity contribution in [3.8, 4) is 0 Å². The number of para-hydroxylation sites is 2. The van der Waals surface area contributed by atoms with E-state index in [0.29, 0.717) is 16.9 Å². The van der Waals surface area contributed by atoms with E-state index in [4.69, 9.17) is 14.9 Å². The van der Waals surface area contributed by atoms with E-state index >= 15 is 0 Å². The molecule has 5 N–H and O–H groups in total. The lowest BCUT2D eigenvalue weighted by atomic mass is 10.1. The van der Waals surface area contributed by atoms with Crippen LogP contribution in [0.25, 0.3) is 0 Å². The predicted molar refractivity (Wildman–Crippen MR) is 157 cm³/mol. The minimum absolute atomic E-state index is 0.00195. The van der Waals surface area contributed by atoms with Crippen LogP contribution >= 0.6 is 45.2 Å². The van der Waals surface area contributed by atoms with Crippen molar-refractivity contribution >= 4 is 86.3 Å². The molecule has 0 aliphatic rings. The number of urea groups is 1. The lowest BCUT2D eigenvalue weighted by Gasteiger charge is -2.25. The zero-order chi connectivity index (χ0) is 27.2. The highest BCUT2D eigenvalue weighted by Gasteiger charge is 2.21. The highest BCUT2D eigenvalue weighted by molar-refractivity contribution is 14.1. The Kier molecular flexibility index (Phi) is 13.2. The molecular weight excluding hydrogens is 710 g/mol. The summed E-state index contributed by atoms with van der Waals surface area (Å²) < 4.78 is 7.25. The van der Waals surface area contributed by atoms with Crippen LogP contribution in [0.15, 0.2) is 48.5 Å². The largest absolute Gasteiger partial charge is 0.481 e. The van der Waals surface area contributed by atoms with Crippen LogP contribution in [0.3, 0.4) is 0 Å². The molecule has 0 aromatic heterocycles. The number of hydrogen-bond donors (Lipinski definition) is 5. The molecule has 37 heavy (non-hydrogen) atoms. The molecule has 0 fully saturated rings. The zero-order valence-corrected chi connectivity index (χ0v) is 24.1. The number of carbonyl (C=O) groups excluding carboxylic acids is 2. The van der Waals surface area contributed by atoms with Gasteiger partial charge in [-0.2, -0.15) is 0 Å². The van der Waals surface area contributed by atoms with Crippen LogP contribution in [0, 0.1) is 0 Å². The number of halogens is 2. The van der Waals surface area contributed by atoms with E-state index in [1.54, 1.807) is 24.3 Å². The molecule has 2 aromatic rings. The number of alkyl halides is 2. The second-order valence-corrected chi connectivity index (χ2v) is 9.86. The molecule has 11 nitrogen and oxygen atoms in total. The van der Waals surface area contributed by atoms with Crippen molar-refractivity contribution in [1.29, 1.82) is 0 Å². The maximum atomic E-state index is 12.4. The van der Waals surface area contributed by atoms with Crippen molar-refractivity contribution in [1.82, 2.24) is 5.32 Å². The maximum Gasteiger partial charge on any atom is 0.412 e. The van der Waals surface area contributed by atoms with Gasteiger partial charge in [-0.3, -0.25) is 10.1 Å². The molecule has 200 valence electrons. The first-order chi connectivity index (χ1) is 17.7. The van der Waals surface area contributed by atoms with Gasteiger partial charge >= 0.3 is 24.1 Å². The smallest absolute Gasteiger partial charge is 0.412 e. The van der Waals surface area contributed by atoms with E-state index in [-0.39, 0.29) is 19.4 Å². The van der Waals surface area contributed by atoms with Crippen LogP contribution in [0.5, 0.6) is 0 Å². The first-order valence-electron chi connectivity index (χ1n) is 11.2. The minimum atomic E-state index is -1.33. The Morgan fingerprint density at radius 1 is 0.919 bits per heavy atom. The summed E-state index contributed by atoms with van der Waals surface area (Å²) in [6.45, 7) is 1.71. The van der Waals surface area contributed by atoms with Crippen molar-refractivity contribution in [3.05, 3.63) is 54.1 Å². The minimum Gasteiger partial charge on any atom is -0.481 e. The average Bonchev–Trinajstić information content (AvgIpc) is 2.86. The Hall–Kier alpha value is -2.82. The highest BCUT2D eigenvalue weighted by atomic mass is 127. The molecule has 0 aliphatic carbocycles. The number of rotatable bonds is 14. The standard InChI is InChI=1S/C24H28I2N4O7/c25-11-13-30(14-12-26)20-4-2-1-3-18(20)29-24(36)37-15-16-5-7-17(8-6-16)27-23(35)28-19(22(33)34)9-10-21(31)32/h1-8,19H,9-15H2,(H,29,36)(H,31,32)(H,33,34)(H2,27,28,35)/t19-/m0/s1. The van der Waals surface area contributed by atoms with Crippen LogP contribution in [-0.4, -0.2) is 62.3 Å².